The zero-order valence-electron chi connectivity index (χ0n) is 11.6. The zero-order valence-corrected chi connectivity index (χ0v) is 11.6. The normalized spacial score (nSPS) is 10.0. The summed E-state index contributed by atoms with van der Waals surface area (Å²) >= 11 is 0. The summed E-state index contributed by atoms with van der Waals surface area (Å²) in [5.74, 6) is 0.734. The van der Waals surface area contributed by atoms with E-state index in [9.17, 15) is 4.79 Å². The lowest BCUT2D eigenvalue weighted by Crippen LogP contribution is -2.27. The van der Waals surface area contributed by atoms with Gasteiger partial charge in [0.15, 0.2) is 0 Å². The molecule has 0 bridgehead atoms. The number of carbonyl (C=O) groups excluding carboxylic acids is 1. The van der Waals surface area contributed by atoms with E-state index in [1.807, 2.05) is 52.8 Å². The minimum Gasteiger partial charge on any atom is -0.497 e. The summed E-state index contributed by atoms with van der Waals surface area (Å²) in [6.07, 6.45) is 0. The van der Waals surface area contributed by atoms with Crippen LogP contribution in [0.5, 0.6) is 5.75 Å². The van der Waals surface area contributed by atoms with E-state index >= 15 is 0 Å². The molecule has 0 unspecified atom stereocenters. The van der Waals surface area contributed by atoms with Crippen LogP contribution in [0.4, 0.5) is 5.69 Å². The van der Waals surface area contributed by atoms with E-state index in [4.69, 9.17) is 4.74 Å². The summed E-state index contributed by atoms with van der Waals surface area (Å²) in [6.45, 7) is 9.63. The van der Waals surface area contributed by atoms with Gasteiger partial charge in [0, 0.05) is 17.2 Å². The third kappa shape index (κ3) is 5.38. The minimum atomic E-state index is -0.386. The van der Waals surface area contributed by atoms with Crippen LogP contribution in [-0.2, 0) is 4.79 Å². The zero-order chi connectivity index (χ0) is 13.5. The second-order valence-electron chi connectivity index (χ2n) is 4.44. The molecule has 0 spiro atoms. The van der Waals surface area contributed by atoms with E-state index in [1.165, 1.54) is 0 Å². The monoisotopic (exact) mass is 237 g/mol. The first-order valence-electron chi connectivity index (χ1n) is 5.89. The quantitative estimate of drug-likeness (QED) is 0.851. The van der Waals surface area contributed by atoms with Gasteiger partial charge < -0.3 is 10.1 Å². The van der Waals surface area contributed by atoms with E-state index < -0.39 is 0 Å². The number of hydrogen-bond donors (Lipinski definition) is 1. The van der Waals surface area contributed by atoms with E-state index in [0.29, 0.717) is 0 Å². The SMILES string of the molecule is CC.COc1cccc(NC(=O)C(C)(C)C)c1. The number of benzene rings is 1. The fourth-order valence-electron chi connectivity index (χ4n) is 1.02. The number of anilines is 1. The summed E-state index contributed by atoms with van der Waals surface area (Å²) in [4.78, 5) is 11.7. The lowest BCUT2D eigenvalue weighted by Gasteiger charge is -2.17. The molecule has 1 N–H and O–H groups in total. The van der Waals surface area contributed by atoms with Crippen LogP contribution in [0.1, 0.15) is 34.6 Å². The van der Waals surface area contributed by atoms with Gasteiger partial charge in [-0.1, -0.05) is 40.7 Å². The standard InChI is InChI=1S/C12H17NO2.C2H6/c1-12(2,3)11(14)13-9-6-5-7-10(8-9)15-4;1-2/h5-8H,1-4H3,(H,13,14);1-2H3. The molecule has 1 aromatic carbocycles. The van der Waals surface area contributed by atoms with E-state index in [1.54, 1.807) is 13.2 Å². The van der Waals surface area contributed by atoms with Crippen LogP contribution in [-0.4, -0.2) is 13.0 Å². The molecule has 0 saturated heterocycles. The molecular formula is C14H23NO2. The number of ether oxygens (including phenoxy) is 1. The Morgan fingerprint density at radius 2 is 1.82 bits per heavy atom. The number of hydrogen-bond acceptors (Lipinski definition) is 2. The second-order valence-corrected chi connectivity index (χ2v) is 4.44. The van der Waals surface area contributed by atoms with Crippen LogP contribution in [0.2, 0.25) is 0 Å². The molecule has 0 heterocycles. The van der Waals surface area contributed by atoms with E-state index in [2.05, 4.69) is 5.32 Å². The van der Waals surface area contributed by atoms with Gasteiger partial charge in [0.05, 0.1) is 7.11 Å². The van der Waals surface area contributed by atoms with Gasteiger partial charge in [-0.25, -0.2) is 0 Å². The molecule has 3 nitrogen and oxygen atoms in total. The van der Waals surface area contributed by atoms with E-state index in [0.717, 1.165) is 11.4 Å². The van der Waals surface area contributed by atoms with Crippen molar-refractivity contribution in [3.63, 3.8) is 0 Å². The molecule has 17 heavy (non-hydrogen) atoms. The molecule has 3 heteroatoms. The van der Waals surface area contributed by atoms with Gasteiger partial charge in [-0.15, -0.1) is 0 Å². The van der Waals surface area contributed by atoms with Crippen molar-refractivity contribution in [1.82, 2.24) is 0 Å². The molecule has 96 valence electrons. The first-order valence-corrected chi connectivity index (χ1v) is 5.89. The molecule has 0 aromatic heterocycles. The van der Waals surface area contributed by atoms with Gasteiger partial charge in [-0.05, 0) is 12.1 Å². The summed E-state index contributed by atoms with van der Waals surface area (Å²) in [5, 5.41) is 2.84. The highest BCUT2D eigenvalue weighted by Gasteiger charge is 2.21. The molecule has 0 atom stereocenters. The smallest absolute Gasteiger partial charge is 0.229 e. The number of methoxy groups -OCH3 is 1. The first kappa shape index (κ1) is 15.5. The van der Waals surface area contributed by atoms with E-state index in [-0.39, 0.29) is 11.3 Å². The van der Waals surface area contributed by atoms with Crippen LogP contribution in [0.15, 0.2) is 24.3 Å². The Morgan fingerprint density at radius 1 is 1.24 bits per heavy atom. The van der Waals surface area contributed by atoms with Crippen molar-refractivity contribution < 1.29 is 9.53 Å². The van der Waals surface area contributed by atoms with Crippen molar-refractivity contribution in [2.24, 2.45) is 5.41 Å². The molecule has 0 aliphatic carbocycles. The van der Waals surface area contributed by atoms with Crippen LogP contribution in [0.3, 0.4) is 0 Å². The van der Waals surface area contributed by atoms with Crippen LogP contribution in [0.25, 0.3) is 0 Å². The maximum atomic E-state index is 11.7. The lowest BCUT2D eigenvalue weighted by atomic mass is 9.95. The van der Waals surface area contributed by atoms with Crippen LogP contribution in [0, 0.1) is 5.41 Å². The van der Waals surface area contributed by atoms with Crippen LogP contribution >= 0.6 is 0 Å². The highest BCUT2D eigenvalue weighted by Crippen LogP contribution is 2.20. The predicted molar refractivity (Wildman–Crippen MR) is 72.4 cm³/mol. The Morgan fingerprint density at radius 3 is 2.29 bits per heavy atom. The molecule has 0 fully saturated rings. The van der Waals surface area contributed by atoms with Gasteiger partial charge in [-0.2, -0.15) is 0 Å². The average Bonchev–Trinajstić information content (AvgIpc) is 2.30. The molecule has 0 aliphatic rings. The highest BCUT2D eigenvalue weighted by atomic mass is 16.5. The Labute approximate surface area is 104 Å². The molecule has 0 radical (unpaired) electrons. The molecule has 0 saturated carbocycles. The fourth-order valence-corrected chi connectivity index (χ4v) is 1.02. The average molecular weight is 237 g/mol. The highest BCUT2D eigenvalue weighted by molar-refractivity contribution is 5.94. The summed E-state index contributed by atoms with van der Waals surface area (Å²) in [6, 6.07) is 7.32. The van der Waals surface area contributed by atoms with Crippen molar-refractivity contribution in [2.75, 3.05) is 12.4 Å². The predicted octanol–water partition coefficient (Wildman–Crippen LogP) is 3.71. The van der Waals surface area contributed by atoms with Crippen molar-refractivity contribution in [2.45, 2.75) is 34.6 Å². The summed E-state index contributed by atoms with van der Waals surface area (Å²) in [5.41, 5.74) is 0.373. The Balaban J connectivity index is 0.00000121. The first-order chi connectivity index (χ1) is 7.93. The number of carbonyl (C=O) groups is 1. The van der Waals surface area contributed by atoms with Gasteiger partial charge in [-0.3, -0.25) is 4.79 Å². The van der Waals surface area contributed by atoms with Crippen molar-refractivity contribution in [3.8, 4) is 5.75 Å². The van der Waals surface area contributed by atoms with Crippen LogP contribution < -0.4 is 10.1 Å². The molecule has 0 aliphatic heterocycles. The summed E-state index contributed by atoms with van der Waals surface area (Å²) < 4.78 is 5.07. The third-order valence-electron chi connectivity index (χ3n) is 2.01. The summed E-state index contributed by atoms with van der Waals surface area (Å²) in [7, 11) is 1.60. The molecule has 1 aromatic rings. The van der Waals surface area contributed by atoms with Gasteiger partial charge in [0.1, 0.15) is 5.75 Å². The molecule has 1 rings (SSSR count). The molecule has 1 amide bonds. The number of nitrogens with one attached hydrogen (secondary N) is 1. The fraction of sp³-hybridized carbons (Fsp3) is 0.500. The van der Waals surface area contributed by atoms with Gasteiger partial charge >= 0.3 is 0 Å². The number of amides is 1. The Kier molecular flexibility index (Phi) is 6.33. The lowest BCUT2D eigenvalue weighted by molar-refractivity contribution is -0.123. The third-order valence-corrected chi connectivity index (χ3v) is 2.01. The van der Waals surface area contributed by atoms with Crippen molar-refractivity contribution in [3.05, 3.63) is 24.3 Å². The van der Waals surface area contributed by atoms with Gasteiger partial charge in [0.2, 0.25) is 5.91 Å². The van der Waals surface area contributed by atoms with Gasteiger partial charge in [0.25, 0.3) is 0 Å². The minimum absolute atomic E-state index is 0.00393. The molecular weight excluding hydrogens is 214 g/mol. The topological polar surface area (TPSA) is 38.3 Å². The maximum absolute atomic E-state index is 11.7. The Bertz CT molecular complexity index is 353. The maximum Gasteiger partial charge on any atom is 0.229 e. The van der Waals surface area contributed by atoms with Crippen molar-refractivity contribution in [1.29, 1.82) is 0 Å². The second kappa shape index (κ2) is 6.94. The Hall–Kier alpha value is -1.51. The largest absolute Gasteiger partial charge is 0.497 e. The number of rotatable bonds is 2. The van der Waals surface area contributed by atoms with Crippen molar-refractivity contribution >= 4 is 11.6 Å².